The number of carbonyl (C=O) groups is 2. The molecule has 5 rings (SSSR count). The van der Waals surface area contributed by atoms with Gasteiger partial charge in [0.1, 0.15) is 6.04 Å². The second kappa shape index (κ2) is 9.11. The highest BCUT2D eigenvalue weighted by molar-refractivity contribution is 6.30. The summed E-state index contributed by atoms with van der Waals surface area (Å²) >= 11 is 5.93. The topological polar surface area (TPSA) is 101 Å². The van der Waals surface area contributed by atoms with E-state index in [0.717, 1.165) is 5.69 Å². The number of carbonyl (C=O) groups excluding carboxylic acids is 2. The number of hydrogen-bond donors (Lipinski definition) is 2. The van der Waals surface area contributed by atoms with Gasteiger partial charge in [0.05, 0.1) is 18.4 Å². The molecule has 2 aromatic heterocycles. The number of aryl methyl sites for hydroxylation is 1. The lowest BCUT2D eigenvalue weighted by Gasteiger charge is -2.25. The zero-order valence-electron chi connectivity index (χ0n) is 18.7. The van der Waals surface area contributed by atoms with Crippen LogP contribution >= 0.6 is 11.6 Å². The van der Waals surface area contributed by atoms with Crippen LogP contribution < -0.4 is 16.2 Å². The van der Waals surface area contributed by atoms with E-state index in [0.29, 0.717) is 27.6 Å². The van der Waals surface area contributed by atoms with Gasteiger partial charge in [0.15, 0.2) is 0 Å². The Hall–Kier alpha value is -4.37. The molecule has 0 unspecified atom stereocenters. The molecule has 0 radical (unpaired) electrons. The largest absolute Gasteiger partial charge is 0.324 e. The van der Waals surface area contributed by atoms with Crippen LogP contribution in [0.2, 0.25) is 5.02 Å². The van der Waals surface area contributed by atoms with Crippen molar-refractivity contribution in [2.45, 2.75) is 12.6 Å². The van der Waals surface area contributed by atoms with Gasteiger partial charge in [0, 0.05) is 47.0 Å². The van der Waals surface area contributed by atoms with Gasteiger partial charge in [-0.3, -0.25) is 18.8 Å². The lowest BCUT2D eigenvalue weighted by atomic mass is 10.1. The second-order valence-electron chi connectivity index (χ2n) is 8.08. The van der Waals surface area contributed by atoms with Crippen molar-refractivity contribution in [2.24, 2.45) is 7.05 Å². The van der Waals surface area contributed by atoms with Crippen molar-refractivity contribution in [1.29, 1.82) is 0 Å². The molecule has 0 aliphatic carbocycles. The molecule has 2 aromatic carbocycles. The molecule has 0 spiro atoms. The van der Waals surface area contributed by atoms with Gasteiger partial charge in [0.2, 0.25) is 0 Å². The Kier molecular flexibility index (Phi) is 5.84. The Morgan fingerprint density at radius 3 is 2.37 bits per heavy atom. The summed E-state index contributed by atoms with van der Waals surface area (Å²) in [7, 11) is 1.78. The maximum atomic E-state index is 13.4. The number of amides is 3. The number of aromatic nitrogens is 3. The summed E-state index contributed by atoms with van der Waals surface area (Å²) in [6.45, 7) is 0.235. The Balaban J connectivity index is 1.37. The van der Waals surface area contributed by atoms with Crippen molar-refractivity contribution in [3.05, 3.63) is 106 Å². The number of pyridine rings is 1. The van der Waals surface area contributed by atoms with E-state index in [2.05, 4.69) is 15.7 Å². The minimum atomic E-state index is -0.859. The van der Waals surface area contributed by atoms with Crippen LogP contribution in [0, 0.1) is 0 Å². The molecule has 10 heteroatoms. The molecular formula is C25H21ClN6O3. The molecule has 1 aliphatic rings. The summed E-state index contributed by atoms with van der Waals surface area (Å²) < 4.78 is 3.17. The Morgan fingerprint density at radius 2 is 1.66 bits per heavy atom. The lowest BCUT2D eigenvalue weighted by molar-refractivity contribution is -0.120. The predicted molar refractivity (Wildman–Crippen MR) is 133 cm³/mol. The summed E-state index contributed by atoms with van der Waals surface area (Å²) in [4.78, 5) is 40.0. The summed E-state index contributed by atoms with van der Waals surface area (Å²) in [5.74, 6) is -0.368. The third kappa shape index (κ3) is 4.41. The number of benzene rings is 2. The number of halogens is 1. The van der Waals surface area contributed by atoms with Gasteiger partial charge >= 0.3 is 6.03 Å². The van der Waals surface area contributed by atoms with Crippen LogP contribution in [-0.4, -0.2) is 31.2 Å². The van der Waals surface area contributed by atoms with E-state index >= 15 is 0 Å². The summed E-state index contributed by atoms with van der Waals surface area (Å²) in [5.41, 5.74) is 3.09. The Labute approximate surface area is 205 Å². The Morgan fingerprint density at radius 1 is 0.971 bits per heavy atom. The average Bonchev–Trinajstić information content (AvgIpc) is 3.41. The molecule has 9 nitrogen and oxygen atoms in total. The molecule has 3 amide bonds. The highest BCUT2D eigenvalue weighted by atomic mass is 35.5. The van der Waals surface area contributed by atoms with Crippen molar-refractivity contribution in [3.8, 4) is 5.69 Å². The third-order valence-electron chi connectivity index (χ3n) is 5.86. The maximum Gasteiger partial charge on any atom is 0.323 e. The molecule has 0 bridgehead atoms. The monoisotopic (exact) mass is 488 g/mol. The second-order valence-corrected chi connectivity index (χ2v) is 8.52. The van der Waals surface area contributed by atoms with E-state index in [4.69, 9.17) is 11.6 Å². The number of fused-ring (bicyclic) bond motifs is 1. The first kappa shape index (κ1) is 22.4. The quantitative estimate of drug-likeness (QED) is 0.454. The van der Waals surface area contributed by atoms with Crippen molar-refractivity contribution < 1.29 is 9.59 Å². The highest BCUT2D eigenvalue weighted by Crippen LogP contribution is 2.35. The first-order chi connectivity index (χ1) is 16.9. The fraction of sp³-hybridized carbons (Fsp3) is 0.120. The van der Waals surface area contributed by atoms with Crippen molar-refractivity contribution in [1.82, 2.24) is 19.2 Å². The highest BCUT2D eigenvalue weighted by Gasteiger charge is 2.41. The van der Waals surface area contributed by atoms with Gasteiger partial charge in [0.25, 0.3) is 11.5 Å². The van der Waals surface area contributed by atoms with Gasteiger partial charge in [-0.05, 0) is 54.6 Å². The van der Waals surface area contributed by atoms with Crippen LogP contribution in [0.1, 0.15) is 17.3 Å². The van der Waals surface area contributed by atoms with Crippen LogP contribution in [0.3, 0.4) is 0 Å². The van der Waals surface area contributed by atoms with Gasteiger partial charge in [-0.1, -0.05) is 17.7 Å². The van der Waals surface area contributed by atoms with Crippen LogP contribution in [0.15, 0.2) is 83.9 Å². The normalized spacial score (nSPS) is 14.5. The zero-order chi connectivity index (χ0) is 24.5. The predicted octanol–water partition coefficient (Wildman–Crippen LogP) is 3.95. The molecule has 3 heterocycles. The van der Waals surface area contributed by atoms with E-state index in [1.165, 1.54) is 15.5 Å². The van der Waals surface area contributed by atoms with Crippen LogP contribution in [0.5, 0.6) is 0 Å². The van der Waals surface area contributed by atoms with E-state index in [1.807, 2.05) is 0 Å². The fourth-order valence-corrected chi connectivity index (χ4v) is 4.21. The molecular weight excluding hydrogens is 468 g/mol. The molecule has 35 heavy (non-hydrogen) atoms. The Bertz CT molecular complexity index is 1460. The third-order valence-corrected chi connectivity index (χ3v) is 6.11. The smallest absolute Gasteiger partial charge is 0.323 e. The number of anilines is 2. The van der Waals surface area contributed by atoms with Crippen molar-refractivity contribution in [3.63, 3.8) is 0 Å². The van der Waals surface area contributed by atoms with Gasteiger partial charge in [-0.2, -0.15) is 5.10 Å². The average molecular weight is 489 g/mol. The van der Waals surface area contributed by atoms with Crippen molar-refractivity contribution in [2.75, 3.05) is 10.6 Å². The first-order valence-corrected chi connectivity index (χ1v) is 11.2. The molecule has 0 saturated heterocycles. The zero-order valence-corrected chi connectivity index (χ0v) is 19.4. The summed E-state index contributed by atoms with van der Waals surface area (Å²) in [6, 6.07) is 17.3. The molecule has 1 atom stereocenters. The number of nitrogens with zero attached hydrogens (tertiary/aromatic N) is 4. The van der Waals surface area contributed by atoms with Crippen LogP contribution in [0.4, 0.5) is 16.2 Å². The molecule has 176 valence electrons. The molecule has 0 saturated carbocycles. The number of nitrogens with one attached hydrogen (secondary N) is 2. The van der Waals surface area contributed by atoms with Gasteiger partial charge < -0.3 is 15.5 Å². The molecule has 4 aromatic rings. The van der Waals surface area contributed by atoms with E-state index in [-0.39, 0.29) is 18.0 Å². The number of rotatable bonds is 4. The van der Waals surface area contributed by atoms with Gasteiger partial charge in [-0.25, -0.2) is 4.79 Å². The maximum absolute atomic E-state index is 13.4. The van der Waals surface area contributed by atoms with Crippen LogP contribution in [0.25, 0.3) is 5.69 Å². The number of urea groups is 1. The molecule has 2 N–H and O–H groups in total. The lowest BCUT2D eigenvalue weighted by Crippen LogP contribution is -2.39. The van der Waals surface area contributed by atoms with E-state index in [9.17, 15) is 14.4 Å². The molecule has 0 fully saturated rings. The minimum absolute atomic E-state index is 0.151. The number of hydrogen-bond acceptors (Lipinski definition) is 4. The summed E-state index contributed by atoms with van der Waals surface area (Å²) in [6.07, 6.45) is 3.29. The summed E-state index contributed by atoms with van der Waals surface area (Å²) in [5, 5.41) is 10.5. The van der Waals surface area contributed by atoms with Crippen molar-refractivity contribution >= 4 is 34.9 Å². The first-order valence-electron chi connectivity index (χ1n) is 10.8. The van der Waals surface area contributed by atoms with Crippen LogP contribution in [-0.2, 0) is 18.4 Å². The fourth-order valence-electron chi connectivity index (χ4n) is 4.08. The van der Waals surface area contributed by atoms with Gasteiger partial charge in [-0.15, -0.1) is 0 Å². The molecule has 1 aliphatic heterocycles. The SMILES string of the molecule is Cn1ncc2c1CN(C(=O)Nc1ccc(Cl)cc1)[C@H]2C(=O)Nc1ccc(-n2ccccc2=O)cc1. The standard InChI is InChI=1S/C25H21ClN6O3/c1-30-21-15-32(25(35)29-18-7-5-16(26)6-8-18)23(20(21)14-27-30)24(34)28-17-9-11-19(12-10-17)31-13-3-2-4-22(31)33/h2-14,23H,15H2,1H3,(H,28,34)(H,29,35)/t23-/m1/s1. The van der Waals surface area contributed by atoms with E-state index < -0.39 is 12.1 Å². The van der Waals surface area contributed by atoms with E-state index in [1.54, 1.807) is 84.8 Å². The minimum Gasteiger partial charge on any atom is -0.324 e.